The molecule has 3 rings (SSSR count). The van der Waals surface area contributed by atoms with Gasteiger partial charge in [0, 0.05) is 17.8 Å². The maximum absolute atomic E-state index is 12.8. The van der Waals surface area contributed by atoms with Gasteiger partial charge in [-0.05, 0) is 37.8 Å². The number of halogens is 3. The molecule has 3 aliphatic carbocycles. The van der Waals surface area contributed by atoms with Crippen LogP contribution in [0.4, 0.5) is 13.2 Å². The maximum atomic E-state index is 12.8. The molecule has 4 unspecified atom stereocenters. The van der Waals surface area contributed by atoms with Crippen LogP contribution in [-0.2, 0) is 9.53 Å². The molecule has 6 heteroatoms. The summed E-state index contributed by atoms with van der Waals surface area (Å²) < 4.78 is 42.4. The van der Waals surface area contributed by atoms with Gasteiger partial charge < -0.3 is 9.84 Å². The van der Waals surface area contributed by atoms with Crippen molar-refractivity contribution in [3.8, 4) is 0 Å². The van der Waals surface area contributed by atoms with Gasteiger partial charge in [-0.2, -0.15) is 13.2 Å². The molecular weight excluding hydrogens is 333 g/mol. The van der Waals surface area contributed by atoms with E-state index < -0.39 is 18.9 Å². The van der Waals surface area contributed by atoms with E-state index in [2.05, 4.69) is 0 Å². The predicted molar refractivity (Wildman–Crippen MR) is 86.9 cm³/mol. The first-order chi connectivity index (χ1) is 11.6. The molecule has 0 heterocycles. The first-order valence-corrected chi connectivity index (χ1v) is 8.67. The zero-order valence-corrected chi connectivity index (χ0v) is 14.6. The van der Waals surface area contributed by atoms with E-state index in [0.29, 0.717) is 16.7 Å². The largest absolute Gasteiger partial charge is 0.511 e. The molecule has 1 saturated carbocycles. The van der Waals surface area contributed by atoms with Crippen molar-refractivity contribution in [2.45, 2.75) is 52.3 Å². The zero-order chi connectivity index (χ0) is 18.5. The van der Waals surface area contributed by atoms with Crippen LogP contribution in [0.3, 0.4) is 0 Å². The van der Waals surface area contributed by atoms with E-state index in [-0.39, 0.29) is 29.3 Å². The van der Waals surface area contributed by atoms with Crippen LogP contribution in [0.5, 0.6) is 0 Å². The summed E-state index contributed by atoms with van der Waals surface area (Å²) in [6.45, 7) is 4.06. The van der Waals surface area contributed by atoms with Gasteiger partial charge >= 0.3 is 6.18 Å². The number of alkyl halides is 3. The number of ether oxygens (including phenoxy) is 1. The van der Waals surface area contributed by atoms with E-state index in [1.165, 1.54) is 0 Å². The van der Waals surface area contributed by atoms with Crippen molar-refractivity contribution in [1.82, 2.24) is 0 Å². The van der Waals surface area contributed by atoms with Crippen LogP contribution >= 0.6 is 0 Å². The quantitative estimate of drug-likeness (QED) is 0.800. The number of rotatable bonds is 3. The second-order valence-corrected chi connectivity index (χ2v) is 7.36. The van der Waals surface area contributed by atoms with Gasteiger partial charge in [0.05, 0.1) is 11.7 Å². The lowest BCUT2D eigenvalue weighted by Crippen LogP contribution is -2.30. The van der Waals surface area contributed by atoms with E-state index in [0.717, 1.165) is 24.8 Å². The minimum absolute atomic E-state index is 0.0241. The van der Waals surface area contributed by atoms with Crippen LogP contribution < -0.4 is 0 Å². The predicted octanol–water partition coefficient (Wildman–Crippen LogP) is 4.66. The third kappa shape index (κ3) is 3.16. The molecule has 4 atom stereocenters. The molecule has 0 aromatic rings. The number of hydrogen-bond donors (Lipinski definition) is 1. The fraction of sp³-hybridized carbons (Fsp3) is 0.632. The Morgan fingerprint density at radius 1 is 1.20 bits per heavy atom. The Bertz CT molecular complexity index is 685. The number of Topliss-reactive ketones (excluding diaryl/α,β-unsaturated/α-hetero) is 1. The van der Waals surface area contributed by atoms with Crippen molar-refractivity contribution in [2.24, 2.45) is 17.8 Å². The highest BCUT2D eigenvalue weighted by Crippen LogP contribution is 2.49. The first kappa shape index (κ1) is 18.2. The molecule has 3 aliphatic rings. The van der Waals surface area contributed by atoms with Crippen molar-refractivity contribution < 1.29 is 27.8 Å². The third-order valence-electron chi connectivity index (χ3n) is 5.77. The molecule has 138 valence electrons. The highest BCUT2D eigenvalue weighted by atomic mass is 19.4. The molecule has 1 fully saturated rings. The van der Waals surface area contributed by atoms with Gasteiger partial charge in [0.25, 0.3) is 0 Å². The summed E-state index contributed by atoms with van der Waals surface area (Å²) in [5, 5.41) is 10.6. The lowest BCUT2D eigenvalue weighted by atomic mass is 9.79. The molecule has 0 amide bonds. The number of carbonyl (C=O) groups is 1. The molecule has 25 heavy (non-hydrogen) atoms. The van der Waals surface area contributed by atoms with Crippen molar-refractivity contribution in [3.05, 3.63) is 34.1 Å². The highest BCUT2D eigenvalue weighted by molar-refractivity contribution is 6.06. The molecule has 0 aromatic heterocycles. The van der Waals surface area contributed by atoms with Crippen molar-refractivity contribution in [3.63, 3.8) is 0 Å². The molecule has 0 spiro atoms. The van der Waals surface area contributed by atoms with Crippen LogP contribution in [0.2, 0.25) is 0 Å². The summed E-state index contributed by atoms with van der Waals surface area (Å²) >= 11 is 0. The van der Waals surface area contributed by atoms with E-state index in [4.69, 9.17) is 4.74 Å². The number of allylic oxidation sites excluding steroid dienone is 4. The molecule has 0 saturated heterocycles. The lowest BCUT2D eigenvalue weighted by Gasteiger charge is -2.31. The van der Waals surface area contributed by atoms with Gasteiger partial charge in [0.15, 0.2) is 5.78 Å². The molecule has 0 aromatic carbocycles. The SMILES string of the molecule is CC1=CC(OCC(F)(F)F)C(C)C(C)=C1C1=C(O)C2CCCC2C1=O. The average molecular weight is 356 g/mol. The highest BCUT2D eigenvalue weighted by Gasteiger charge is 2.47. The Balaban J connectivity index is 1.91. The van der Waals surface area contributed by atoms with Gasteiger partial charge in [-0.1, -0.05) is 25.0 Å². The minimum atomic E-state index is -4.38. The zero-order valence-electron chi connectivity index (χ0n) is 14.6. The number of aliphatic hydroxyl groups is 1. The number of carbonyl (C=O) groups excluding carboxylic acids is 1. The monoisotopic (exact) mass is 356 g/mol. The number of hydrogen-bond acceptors (Lipinski definition) is 3. The minimum Gasteiger partial charge on any atom is -0.511 e. The fourth-order valence-corrected chi connectivity index (χ4v) is 4.39. The smallest absolute Gasteiger partial charge is 0.411 e. The standard InChI is InChI=1S/C19H23F3O3/c1-9-7-14(25-8-19(20,21)22)10(2)11(3)15(9)16-17(23)12-5-4-6-13(12)18(16)24/h7,10,12-14,23H,4-6,8H2,1-3H3. The normalized spacial score (nSPS) is 33.2. The van der Waals surface area contributed by atoms with Crippen LogP contribution in [0.1, 0.15) is 40.0 Å². The summed E-state index contributed by atoms with van der Waals surface area (Å²) in [5.41, 5.74) is 2.55. The Kier molecular flexibility index (Phi) is 4.60. The van der Waals surface area contributed by atoms with Crippen LogP contribution in [0.25, 0.3) is 0 Å². The van der Waals surface area contributed by atoms with Gasteiger partial charge in [0.1, 0.15) is 12.4 Å². The third-order valence-corrected chi connectivity index (χ3v) is 5.77. The summed E-state index contributed by atoms with van der Waals surface area (Å²) in [6, 6.07) is 0. The molecule has 0 radical (unpaired) electrons. The lowest BCUT2D eigenvalue weighted by molar-refractivity contribution is -0.183. The number of ketones is 1. The van der Waals surface area contributed by atoms with Gasteiger partial charge in [0.2, 0.25) is 0 Å². The number of fused-ring (bicyclic) bond motifs is 1. The summed E-state index contributed by atoms with van der Waals surface area (Å²) in [7, 11) is 0. The topological polar surface area (TPSA) is 46.5 Å². The number of aliphatic hydroxyl groups excluding tert-OH is 1. The van der Waals surface area contributed by atoms with E-state index in [1.807, 2.05) is 6.92 Å². The van der Waals surface area contributed by atoms with Crippen LogP contribution in [0, 0.1) is 17.8 Å². The Hall–Kier alpha value is -1.56. The first-order valence-electron chi connectivity index (χ1n) is 8.67. The van der Waals surface area contributed by atoms with E-state index >= 15 is 0 Å². The second kappa shape index (κ2) is 6.31. The average Bonchev–Trinajstić information content (AvgIpc) is 3.08. The second-order valence-electron chi connectivity index (χ2n) is 7.36. The maximum Gasteiger partial charge on any atom is 0.411 e. The molecule has 1 N–H and O–H groups in total. The van der Waals surface area contributed by atoms with Gasteiger partial charge in [-0.15, -0.1) is 0 Å². The molecule has 0 aliphatic heterocycles. The summed E-state index contributed by atoms with van der Waals surface area (Å²) in [6.07, 6.45) is -0.884. The van der Waals surface area contributed by atoms with Crippen LogP contribution in [0.15, 0.2) is 34.1 Å². The van der Waals surface area contributed by atoms with E-state index in [1.54, 1.807) is 19.9 Å². The summed E-state index contributed by atoms with van der Waals surface area (Å²) in [4.78, 5) is 12.8. The molecule has 0 bridgehead atoms. The Morgan fingerprint density at radius 2 is 1.84 bits per heavy atom. The van der Waals surface area contributed by atoms with Crippen molar-refractivity contribution >= 4 is 5.78 Å². The Labute approximate surface area is 145 Å². The van der Waals surface area contributed by atoms with E-state index in [9.17, 15) is 23.1 Å². The van der Waals surface area contributed by atoms with Crippen molar-refractivity contribution in [1.29, 1.82) is 0 Å². The van der Waals surface area contributed by atoms with Crippen molar-refractivity contribution in [2.75, 3.05) is 6.61 Å². The van der Waals surface area contributed by atoms with Gasteiger partial charge in [-0.3, -0.25) is 4.79 Å². The molecular formula is C19H23F3O3. The van der Waals surface area contributed by atoms with Crippen LogP contribution in [-0.4, -0.2) is 29.8 Å². The molecule has 3 nitrogen and oxygen atoms in total. The fourth-order valence-electron chi connectivity index (χ4n) is 4.39. The summed E-state index contributed by atoms with van der Waals surface area (Å²) in [5.74, 6) is -0.391. The van der Waals surface area contributed by atoms with Gasteiger partial charge in [-0.25, -0.2) is 0 Å². The Morgan fingerprint density at radius 3 is 2.44 bits per heavy atom.